The molecule has 1 atom stereocenters. The summed E-state index contributed by atoms with van der Waals surface area (Å²) in [6.07, 6.45) is 5.39. The molecule has 3 heterocycles. The number of nitrogens with two attached hydrogens (primary N) is 1. The molecule has 4 rings (SSSR count). The molecular weight excluding hydrogens is 436 g/mol. The van der Waals surface area contributed by atoms with Gasteiger partial charge in [-0.25, -0.2) is 23.1 Å². The molecule has 0 unspecified atom stereocenters. The van der Waals surface area contributed by atoms with Crippen LogP contribution in [-0.2, 0) is 10.0 Å². The number of nitrogens with zero attached hydrogens (tertiary/aromatic N) is 4. The summed E-state index contributed by atoms with van der Waals surface area (Å²) >= 11 is 0. The van der Waals surface area contributed by atoms with E-state index in [2.05, 4.69) is 26.5 Å². The average Bonchev–Trinajstić information content (AvgIpc) is 3.26. The summed E-state index contributed by atoms with van der Waals surface area (Å²) in [5.74, 6) is 0.310. The van der Waals surface area contributed by atoms with Gasteiger partial charge in [-0.1, -0.05) is 13.0 Å². The molecule has 1 fully saturated rings. The Labute approximate surface area is 195 Å². The summed E-state index contributed by atoms with van der Waals surface area (Å²) in [5, 5.41) is 0. The predicted octanol–water partition coefficient (Wildman–Crippen LogP) is 3.17. The third-order valence-electron chi connectivity index (χ3n) is 6.18. The van der Waals surface area contributed by atoms with Gasteiger partial charge in [0.25, 0.3) is 0 Å². The van der Waals surface area contributed by atoms with Gasteiger partial charge in [-0.2, -0.15) is 0 Å². The second-order valence-corrected chi connectivity index (χ2v) is 10.2. The van der Waals surface area contributed by atoms with Gasteiger partial charge in [0, 0.05) is 35.6 Å². The van der Waals surface area contributed by atoms with Crippen LogP contribution in [-0.4, -0.2) is 53.9 Å². The summed E-state index contributed by atoms with van der Waals surface area (Å²) < 4.78 is 28.9. The van der Waals surface area contributed by atoms with Crippen LogP contribution in [0, 0.1) is 13.8 Å². The Morgan fingerprint density at radius 3 is 2.76 bits per heavy atom. The lowest BCUT2D eigenvalue weighted by Crippen LogP contribution is -2.40. The fourth-order valence-corrected chi connectivity index (χ4v) is 5.41. The Balaban J connectivity index is 1.64. The number of likely N-dealkylation sites (N-methyl/N-ethyl adjacent to an activating group) is 1. The zero-order valence-corrected chi connectivity index (χ0v) is 20.1. The molecule has 1 aromatic carbocycles. The van der Waals surface area contributed by atoms with E-state index in [4.69, 9.17) is 10.7 Å². The zero-order valence-electron chi connectivity index (χ0n) is 19.2. The van der Waals surface area contributed by atoms with Crippen LogP contribution in [0.25, 0.3) is 22.5 Å². The van der Waals surface area contributed by atoms with E-state index in [0.29, 0.717) is 29.3 Å². The van der Waals surface area contributed by atoms with E-state index >= 15 is 0 Å². The van der Waals surface area contributed by atoms with Crippen LogP contribution < -0.4 is 10.5 Å². The largest absolute Gasteiger partial charge is 0.382 e. The van der Waals surface area contributed by atoms with E-state index in [1.54, 1.807) is 30.6 Å². The van der Waals surface area contributed by atoms with Gasteiger partial charge in [-0.3, -0.25) is 9.88 Å². The van der Waals surface area contributed by atoms with Crippen molar-refractivity contribution in [1.82, 2.24) is 24.6 Å². The van der Waals surface area contributed by atoms with E-state index < -0.39 is 10.0 Å². The van der Waals surface area contributed by atoms with E-state index in [9.17, 15) is 8.42 Å². The van der Waals surface area contributed by atoms with E-state index in [-0.39, 0.29) is 10.9 Å². The third kappa shape index (κ3) is 5.05. The number of rotatable bonds is 7. The van der Waals surface area contributed by atoms with Gasteiger partial charge in [0.15, 0.2) is 0 Å². The maximum atomic E-state index is 13.1. The third-order valence-corrected chi connectivity index (χ3v) is 7.60. The smallest absolute Gasteiger partial charge is 0.240 e. The van der Waals surface area contributed by atoms with Gasteiger partial charge < -0.3 is 5.73 Å². The molecule has 9 heteroatoms. The second kappa shape index (κ2) is 9.54. The van der Waals surface area contributed by atoms with Gasteiger partial charge in [0.1, 0.15) is 11.5 Å². The average molecular weight is 467 g/mol. The van der Waals surface area contributed by atoms with Crippen LogP contribution in [0.4, 0.5) is 5.82 Å². The van der Waals surface area contributed by atoms with E-state index in [0.717, 1.165) is 42.8 Å². The van der Waals surface area contributed by atoms with E-state index in [1.807, 2.05) is 26.0 Å². The van der Waals surface area contributed by atoms with Gasteiger partial charge in [-0.15, -0.1) is 0 Å². The van der Waals surface area contributed by atoms with Crippen molar-refractivity contribution in [1.29, 1.82) is 0 Å². The number of hydrogen-bond acceptors (Lipinski definition) is 7. The Bertz CT molecular complexity index is 1260. The number of benzene rings is 1. The monoisotopic (exact) mass is 466 g/mol. The normalized spacial score (nSPS) is 16.9. The summed E-state index contributed by atoms with van der Waals surface area (Å²) in [6, 6.07) is 9.05. The summed E-state index contributed by atoms with van der Waals surface area (Å²) in [7, 11) is -3.66. The maximum Gasteiger partial charge on any atom is 0.240 e. The van der Waals surface area contributed by atoms with Crippen molar-refractivity contribution in [2.24, 2.45) is 0 Å². The number of hydrogen-bond donors (Lipinski definition) is 2. The van der Waals surface area contributed by atoms with Crippen molar-refractivity contribution in [2.75, 3.05) is 25.4 Å². The van der Waals surface area contributed by atoms with Crippen LogP contribution >= 0.6 is 0 Å². The first-order chi connectivity index (χ1) is 15.8. The molecule has 174 valence electrons. The number of nitrogens with one attached hydrogen (secondary N) is 1. The molecule has 8 nitrogen and oxygen atoms in total. The van der Waals surface area contributed by atoms with Crippen LogP contribution in [0.15, 0.2) is 47.6 Å². The molecule has 0 bridgehead atoms. The topological polar surface area (TPSA) is 114 Å². The van der Waals surface area contributed by atoms with Crippen molar-refractivity contribution in [3.63, 3.8) is 0 Å². The lowest BCUT2D eigenvalue weighted by Gasteiger charge is -2.23. The standard InChI is InChI=1S/C24H30N6O2S/c1-4-30-11-5-6-19(30)14-28-33(31,32)20-8-7-16(2)21(13-20)22-15-27-24(25)23(29-22)18-9-10-26-17(3)12-18/h7-10,12-13,15,19,28H,4-6,11,14H2,1-3H3,(H2,25,27)/t19-/m1/s1. The molecule has 1 aliphatic rings. The van der Waals surface area contributed by atoms with Crippen molar-refractivity contribution in [2.45, 2.75) is 44.6 Å². The molecule has 33 heavy (non-hydrogen) atoms. The van der Waals surface area contributed by atoms with Gasteiger partial charge in [-0.05, 0) is 69.6 Å². The molecular formula is C24H30N6O2S. The number of aryl methyl sites for hydroxylation is 2. The van der Waals surface area contributed by atoms with Crippen molar-refractivity contribution in [3.05, 3.63) is 54.0 Å². The minimum Gasteiger partial charge on any atom is -0.382 e. The Morgan fingerprint density at radius 1 is 1.18 bits per heavy atom. The number of pyridine rings is 1. The lowest BCUT2D eigenvalue weighted by atomic mass is 10.1. The summed E-state index contributed by atoms with van der Waals surface area (Å²) in [5.41, 5.74) is 10.5. The molecule has 0 saturated carbocycles. The van der Waals surface area contributed by atoms with E-state index in [1.165, 1.54) is 0 Å². The SMILES string of the molecule is CCN1CCC[C@@H]1CNS(=O)(=O)c1ccc(C)c(-c2cnc(N)c(-c3ccnc(C)c3)n2)c1. The minimum atomic E-state index is -3.66. The summed E-state index contributed by atoms with van der Waals surface area (Å²) in [4.78, 5) is 15.8. The number of sulfonamides is 1. The van der Waals surface area contributed by atoms with Crippen LogP contribution in [0.1, 0.15) is 31.0 Å². The van der Waals surface area contributed by atoms with Gasteiger partial charge in [0.2, 0.25) is 10.0 Å². The number of anilines is 1. The fraction of sp³-hybridized carbons (Fsp3) is 0.375. The maximum absolute atomic E-state index is 13.1. The molecule has 0 aliphatic carbocycles. The molecule has 0 amide bonds. The quantitative estimate of drug-likeness (QED) is 0.550. The Hall–Kier alpha value is -2.88. The molecule has 1 aliphatic heterocycles. The first-order valence-electron chi connectivity index (χ1n) is 11.2. The van der Waals surface area contributed by atoms with Crippen LogP contribution in [0.2, 0.25) is 0 Å². The number of nitrogen functional groups attached to an aromatic ring is 1. The van der Waals surface area contributed by atoms with Crippen LogP contribution in [0.5, 0.6) is 0 Å². The highest BCUT2D eigenvalue weighted by molar-refractivity contribution is 7.89. The fourth-order valence-electron chi connectivity index (χ4n) is 4.31. The Kier molecular flexibility index (Phi) is 6.73. The lowest BCUT2D eigenvalue weighted by molar-refractivity contribution is 0.268. The highest BCUT2D eigenvalue weighted by atomic mass is 32.2. The van der Waals surface area contributed by atoms with Gasteiger partial charge in [0.05, 0.1) is 16.8 Å². The van der Waals surface area contributed by atoms with Crippen molar-refractivity contribution in [3.8, 4) is 22.5 Å². The molecule has 2 aromatic heterocycles. The molecule has 0 spiro atoms. The molecule has 0 radical (unpaired) electrons. The highest BCUT2D eigenvalue weighted by Gasteiger charge is 2.25. The molecule has 3 aromatic rings. The first-order valence-corrected chi connectivity index (χ1v) is 12.7. The highest BCUT2D eigenvalue weighted by Crippen LogP contribution is 2.29. The predicted molar refractivity (Wildman–Crippen MR) is 130 cm³/mol. The summed E-state index contributed by atoms with van der Waals surface area (Å²) in [6.45, 7) is 8.28. The van der Waals surface area contributed by atoms with Gasteiger partial charge >= 0.3 is 0 Å². The van der Waals surface area contributed by atoms with Crippen molar-refractivity contribution < 1.29 is 8.42 Å². The first kappa shape index (κ1) is 23.3. The second-order valence-electron chi connectivity index (χ2n) is 8.43. The Morgan fingerprint density at radius 2 is 2.00 bits per heavy atom. The molecule has 1 saturated heterocycles. The number of likely N-dealkylation sites (tertiary alicyclic amines) is 1. The zero-order chi connectivity index (χ0) is 23.6. The van der Waals surface area contributed by atoms with Crippen molar-refractivity contribution >= 4 is 15.8 Å². The number of aromatic nitrogens is 3. The minimum absolute atomic E-state index is 0.212. The van der Waals surface area contributed by atoms with Crippen LogP contribution in [0.3, 0.4) is 0 Å². The molecule has 3 N–H and O–H groups in total.